The number of para-hydroxylation sites is 1. The summed E-state index contributed by atoms with van der Waals surface area (Å²) in [6.45, 7) is 3.02. The molecular weight excluding hydrogens is 217 g/mol. The highest BCUT2D eigenvalue weighted by Gasteiger charge is 2.17. The summed E-state index contributed by atoms with van der Waals surface area (Å²) < 4.78 is 13.5. The Morgan fingerprint density at radius 1 is 1.53 bits per heavy atom. The number of nitrogens with one attached hydrogen (secondary N) is 1. The third kappa shape index (κ3) is 3.09. The topological polar surface area (TPSA) is 41.3 Å². The average Bonchev–Trinajstić information content (AvgIpc) is 2.28. The minimum atomic E-state index is -0.269. The van der Waals surface area contributed by atoms with Crippen molar-refractivity contribution in [2.45, 2.75) is 12.8 Å². The highest BCUT2D eigenvalue weighted by atomic mass is 19.1. The Hall–Kier alpha value is -1.29. The zero-order chi connectivity index (χ0) is 12.3. The van der Waals surface area contributed by atoms with Gasteiger partial charge in [0.15, 0.2) is 0 Å². The fraction of sp³-hybridized carbons (Fsp3) is 0.538. The summed E-state index contributed by atoms with van der Waals surface area (Å²) in [5, 5.41) is 3.14. The lowest BCUT2D eigenvalue weighted by molar-refractivity contribution is 0.217. The molecule has 2 rings (SSSR count). The van der Waals surface area contributed by atoms with Gasteiger partial charge < -0.3 is 16.0 Å². The largest absolute Gasteiger partial charge is 0.397 e. The summed E-state index contributed by atoms with van der Waals surface area (Å²) in [5.41, 5.74) is 6.68. The van der Waals surface area contributed by atoms with Gasteiger partial charge in [0.2, 0.25) is 0 Å². The maximum Gasteiger partial charge on any atom is 0.148 e. The zero-order valence-electron chi connectivity index (χ0n) is 10.2. The highest BCUT2D eigenvalue weighted by Crippen LogP contribution is 2.23. The quantitative estimate of drug-likeness (QED) is 0.792. The number of nitrogens with two attached hydrogens (primary N) is 1. The fourth-order valence-electron chi connectivity index (χ4n) is 2.41. The lowest BCUT2D eigenvalue weighted by Crippen LogP contribution is -2.35. The molecule has 0 spiro atoms. The summed E-state index contributed by atoms with van der Waals surface area (Å²) in [7, 11) is 2.13. The molecule has 0 amide bonds. The van der Waals surface area contributed by atoms with E-state index in [1.165, 1.54) is 25.5 Å². The number of hydrogen-bond donors (Lipinski definition) is 2. The molecule has 1 unspecified atom stereocenters. The number of hydrogen-bond acceptors (Lipinski definition) is 3. The number of halogens is 1. The number of likely N-dealkylation sites (tertiary alicyclic amines) is 1. The van der Waals surface area contributed by atoms with Crippen LogP contribution >= 0.6 is 0 Å². The van der Waals surface area contributed by atoms with E-state index >= 15 is 0 Å². The van der Waals surface area contributed by atoms with Crippen LogP contribution in [0.4, 0.5) is 15.8 Å². The van der Waals surface area contributed by atoms with E-state index in [2.05, 4.69) is 17.3 Å². The van der Waals surface area contributed by atoms with Gasteiger partial charge >= 0.3 is 0 Å². The van der Waals surface area contributed by atoms with Crippen molar-refractivity contribution in [2.24, 2.45) is 5.92 Å². The Morgan fingerprint density at radius 3 is 3.06 bits per heavy atom. The van der Waals surface area contributed by atoms with E-state index in [4.69, 9.17) is 5.73 Å². The Bertz CT molecular complexity index is 361. The Morgan fingerprint density at radius 2 is 2.35 bits per heavy atom. The van der Waals surface area contributed by atoms with Crippen molar-refractivity contribution in [1.82, 2.24) is 4.90 Å². The van der Waals surface area contributed by atoms with Crippen LogP contribution in [-0.2, 0) is 0 Å². The molecule has 3 N–H and O–H groups in total. The molecule has 0 aromatic heterocycles. The Kier molecular flexibility index (Phi) is 3.84. The molecule has 1 aromatic rings. The fourth-order valence-corrected chi connectivity index (χ4v) is 2.41. The molecule has 0 radical (unpaired) electrons. The molecule has 1 atom stereocenters. The molecule has 17 heavy (non-hydrogen) atoms. The molecule has 3 nitrogen and oxygen atoms in total. The summed E-state index contributed by atoms with van der Waals surface area (Å²) >= 11 is 0. The van der Waals surface area contributed by atoms with Crippen molar-refractivity contribution in [1.29, 1.82) is 0 Å². The van der Waals surface area contributed by atoms with Crippen LogP contribution in [0.15, 0.2) is 18.2 Å². The summed E-state index contributed by atoms with van der Waals surface area (Å²) in [6.07, 6.45) is 2.42. The van der Waals surface area contributed by atoms with Gasteiger partial charge in [-0.1, -0.05) is 6.07 Å². The molecular formula is C13H20FN3. The molecule has 0 aliphatic carbocycles. The van der Waals surface area contributed by atoms with Crippen LogP contribution in [0.3, 0.4) is 0 Å². The molecule has 1 heterocycles. The van der Waals surface area contributed by atoms with Gasteiger partial charge in [-0.25, -0.2) is 4.39 Å². The Labute approximate surface area is 102 Å². The van der Waals surface area contributed by atoms with Crippen LogP contribution in [0.2, 0.25) is 0 Å². The zero-order valence-corrected chi connectivity index (χ0v) is 10.2. The molecule has 4 heteroatoms. The van der Waals surface area contributed by atoms with Crippen molar-refractivity contribution in [3.63, 3.8) is 0 Å². The number of nitrogens with zero attached hydrogens (tertiary/aromatic N) is 1. The first kappa shape index (κ1) is 12.2. The van der Waals surface area contributed by atoms with Crippen LogP contribution in [0, 0.1) is 11.7 Å². The lowest BCUT2D eigenvalue weighted by Gasteiger charge is -2.30. The van der Waals surface area contributed by atoms with Gasteiger partial charge in [0.05, 0.1) is 11.4 Å². The van der Waals surface area contributed by atoms with Crippen LogP contribution in [-0.4, -0.2) is 31.6 Å². The number of piperidine rings is 1. The van der Waals surface area contributed by atoms with Gasteiger partial charge in [-0.3, -0.25) is 0 Å². The summed E-state index contributed by atoms with van der Waals surface area (Å²) in [6, 6.07) is 4.79. The molecule has 1 aliphatic rings. The minimum Gasteiger partial charge on any atom is -0.397 e. The number of benzene rings is 1. The van der Waals surface area contributed by atoms with Gasteiger partial charge in [-0.05, 0) is 44.5 Å². The van der Waals surface area contributed by atoms with Crippen molar-refractivity contribution < 1.29 is 4.39 Å². The first-order valence-electron chi connectivity index (χ1n) is 6.13. The molecule has 1 fully saturated rings. The lowest BCUT2D eigenvalue weighted by atomic mass is 9.98. The van der Waals surface area contributed by atoms with Gasteiger partial charge in [0.1, 0.15) is 5.82 Å². The SMILES string of the molecule is CN1CCCC(CNc2c(N)cccc2F)C1. The van der Waals surface area contributed by atoms with Gasteiger partial charge in [0.25, 0.3) is 0 Å². The van der Waals surface area contributed by atoms with E-state index in [-0.39, 0.29) is 5.82 Å². The molecule has 94 valence electrons. The van der Waals surface area contributed by atoms with Crippen LogP contribution < -0.4 is 11.1 Å². The first-order chi connectivity index (χ1) is 8.16. The Balaban J connectivity index is 1.93. The molecule has 1 aliphatic heterocycles. The second-order valence-electron chi connectivity index (χ2n) is 4.86. The molecule has 0 bridgehead atoms. The van der Waals surface area contributed by atoms with E-state index in [0.29, 0.717) is 17.3 Å². The third-order valence-electron chi connectivity index (χ3n) is 3.34. The van der Waals surface area contributed by atoms with Crippen molar-refractivity contribution in [3.8, 4) is 0 Å². The van der Waals surface area contributed by atoms with E-state index in [9.17, 15) is 4.39 Å². The van der Waals surface area contributed by atoms with E-state index < -0.39 is 0 Å². The maximum atomic E-state index is 13.5. The first-order valence-corrected chi connectivity index (χ1v) is 6.13. The summed E-state index contributed by atoms with van der Waals surface area (Å²) in [4.78, 5) is 2.32. The maximum absolute atomic E-state index is 13.5. The number of rotatable bonds is 3. The normalized spacial score (nSPS) is 21.4. The van der Waals surface area contributed by atoms with E-state index in [1.807, 2.05) is 0 Å². The number of anilines is 2. The summed E-state index contributed by atoms with van der Waals surface area (Å²) in [5.74, 6) is 0.307. The van der Waals surface area contributed by atoms with Crippen molar-refractivity contribution >= 4 is 11.4 Å². The average molecular weight is 237 g/mol. The van der Waals surface area contributed by atoms with Crippen LogP contribution in [0.25, 0.3) is 0 Å². The predicted molar refractivity (Wildman–Crippen MR) is 69.5 cm³/mol. The predicted octanol–water partition coefficient (Wildman–Crippen LogP) is 2.16. The van der Waals surface area contributed by atoms with Crippen LogP contribution in [0.5, 0.6) is 0 Å². The molecule has 1 saturated heterocycles. The van der Waals surface area contributed by atoms with Gasteiger partial charge in [0, 0.05) is 13.1 Å². The van der Waals surface area contributed by atoms with Crippen molar-refractivity contribution in [2.75, 3.05) is 37.7 Å². The van der Waals surface area contributed by atoms with Gasteiger partial charge in [-0.15, -0.1) is 0 Å². The monoisotopic (exact) mass is 237 g/mol. The second kappa shape index (κ2) is 5.36. The third-order valence-corrected chi connectivity index (χ3v) is 3.34. The molecule has 0 saturated carbocycles. The minimum absolute atomic E-state index is 0.269. The number of nitrogen functional groups attached to an aromatic ring is 1. The van der Waals surface area contributed by atoms with E-state index in [0.717, 1.165) is 13.1 Å². The van der Waals surface area contributed by atoms with Crippen molar-refractivity contribution in [3.05, 3.63) is 24.0 Å². The van der Waals surface area contributed by atoms with E-state index in [1.54, 1.807) is 12.1 Å². The highest BCUT2D eigenvalue weighted by molar-refractivity contribution is 5.66. The smallest absolute Gasteiger partial charge is 0.148 e. The second-order valence-corrected chi connectivity index (χ2v) is 4.86. The standard InChI is InChI=1S/C13H20FN3/c1-17-7-3-4-10(9-17)8-16-13-11(14)5-2-6-12(13)15/h2,5-6,10,16H,3-4,7-9,15H2,1H3. The van der Waals surface area contributed by atoms with Gasteiger partial charge in [-0.2, -0.15) is 0 Å². The molecule has 1 aromatic carbocycles. The van der Waals surface area contributed by atoms with Crippen LogP contribution in [0.1, 0.15) is 12.8 Å².